The van der Waals surface area contributed by atoms with Crippen LogP contribution in [0.5, 0.6) is 0 Å². The van der Waals surface area contributed by atoms with Crippen molar-refractivity contribution in [2.24, 2.45) is 0 Å². The number of anilines is 4. The largest absolute Gasteiger partial charge is 0.384 e. The fourth-order valence-corrected chi connectivity index (χ4v) is 5.74. The van der Waals surface area contributed by atoms with E-state index in [0.29, 0.717) is 36.7 Å². The SMILES string of the molecule is Cc1ccc(NC(=O)CCCCCNc2cccc3c2C(=O)N(C2CCC(=O)NC2=O)C3=O)cc1Nc1nccc(-c2cccnc2)n1. The average Bonchev–Trinajstić information content (AvgIpc) is 3.34. The Hall–Kier alpha value is -5.98. The summed E-state index contributed by atoms with van der Waals surface area (Å²) < 4.78 is 0. The molecular weight excluding hydrogens is 612 g/mol. The van der Waals surface area contributed by atoms with Gasteiger partial charge in [0.15, 0.2) is 0 Å². The van der Waals surface area contributed by atoms with Gasteiger partial charge >= 0.3 is 0 Å². The summed E-state index contributed by atoms with van der Waals surface area (Å²) in [5, 5.41) is 11.6. The van der Waals surface area contributed by atoms with Gasteiger partial charge in [-0.3, -0.25) is 39.2 Å². The molecule has 6 rings (SSSR count). The summed E-state index contributed by atoms with van der Waals surface area (Å²) in [6.07, 6.45) is 7.78. The molecule has 2 aliphatic heterocycles. The highest BCUT2D eigenvalue weighted by Crippen LogP contribution is 2.32. The number of nitrogens with zero attached hydrogens (tertiary/aromatic N) is 4. The van der Waals surface area contributed by atoms with Gasteiger partial charge in [-0.1, -0.05) is 18.6 Å². The number of piperidine rings is 1. The van der Waals surface area contributed by atoms with E-state index >= 15 is 0 Å². The predicted octanol–water partition coefficient (Wildman–Crippen LogP) is 4.60. The number of hydrogen-bond acceptors (Lipinski definition) is 10. The Labute approximate surface area is 276 Å². The third kappa shape index (κ3) is 7.04. The molecule has 0 aliphatic carbocycles. The molecule has 1 saturated heterocycles. The zero-order valence-corrected chi connectivity index (χ0v) is 26.3. The summed E-state index contributed by atoms with van der Waals surface area (Å²) in [7, 11) is 0. The van der Waals surface area contributed by atoms with Crippen LogP contribution in [0.25, 0.3) is 11.3 Å². The van der Waals surface area contributed by atoms with Crippen LogP contribution in [0.3, 0.4) is 0 Å². The van der Waals surface area contributed by atoms with E-state index in [1.54, 1.807) is 36.8 Å². The van der Waals surface area contributed by atoms with Crippen molar-refractivity contribution in [3.63, 3.8) is 0 Å². The first-order valence-corrected chi connectivity index (χ1v) is 15.8. The molecule has 1 atom stereocenters. The highest BCUT2D eigenvalue weighted by Gasteiger charge is 2.45. The molecule has 0 radical (unpaired) electrons. The van der Waals surface area contributed by atoms with Crippen LogP contribution in [0.15, 0.2) is 73.2 Å². The molecule has 0 bridgehead atoms. The first kappa shape index (κ1) is 32.0. The molecule has 4 N–H and O–H groups in total. The zero-order chi connectivity index (χ0) is 33.6. The van der Waals surface area contributed by atoms with Crippen LogP contribution in [0, 0.1) is 6.92 Å². The van der Waals surface area contributed by atoms with Crippen molar-refractivity contribution < 1.29 is 24.0 Å². The van der Waals surface area contributed by atoms with Crippen molar-refractivity contribution in [3.8, 4) is 11.3 Å². The number of amides is 5. The first-order valence-electron chi connectivity index (χ1n) is 15.8. The highest BCUT2D eigenvalue weighted by molar-refractivity contribution is 6.25. The number of aromatic nitrogens is 3. The van der Waals surface area contributed by atoms with E-state index < -0.39 is 29.7 Å². The van der Waals surface area contributed by atoms with Gasteiger partial charge in [0.2, 0.25) is 23.7 Å². The standard InChI is InChI=1S/C35H34N8O5/c1-21-11-12-23(19-27(21)41-35-38-18-15-25(40-35)22-7-6-16-36-20-22)39-29(44)10-3-2-4-17-37-26-9-5-8-24-31(26)34(48)43(33(24)47)28-13-14-30(45)42-32(28)46/h5-9,11-12,15-16,18-20,28,37H,2-4,10,13-14,17H2,1H3,(H,39,44)(H,38,40,41)(H,42,45,46). The van der Waals surface area contributed by atoms with Crippen LogP contribution in [0.2, 0.25) is 0 Å². The number of benzene rings is 2. The Morgan fingerprint density at radius 2 is 1.83 bits per heavy atom. The van der Waals surface area contributed by atoms with Crippen molar-refractivity contribution in [3.05, 3.63) is 89.9 Å². The summed E-state index contributed by atoms with van der Waals surface area (Å²) in [6.45, 7) is 2.48. The second-order valence-corrected chi connectivity index (χ2v) is 11.6. The van der Waals surface area contributed by atoms with Crippen molar-refractivity contribution in [2.45, 2.75) is 51.5 Å². The predicted molar refractivity (Wildman–Crippen MR) is 178 cm³/mol. The van der Waals surface area contributed by atoms with Crippen molar-refractivity contribution in [1.82, 2.24) is 25.2 Å². The second-order valence-electron chi connectivity index (χ2n) is 11.6. The molecule has 2 aromatic carbocycles. The molecule has 2 aromatic heterocycles. The lowest BCUT2D eigenvalue weighted by Crippen LogP contribution is -2.54. The Morgan fingerprint density at radius 1 is 0.958 bits per heavy atom. The second kappa shape index (κ2) is 14.2. The van der Waals surface area contributed by atoms with Crippen LogP contribution >= 0.6 is 0 Å². The normalized spacial score (nSPS) is 15.6. The number of pyridine rings is 1. The fraction of sp³-hybridized carbons (Fsp3) is 0.257. The Balaban J connectivity index is 0.969. The molecule has 4 heterocycles. The van der Waals surface area contributed by atoms with Gasteiger partial charge < -0.3 is 16.0 Å². The van der Waals surface area contributed by atoms with Gasteiger partial charge in [-0.15, -0.1) is 0 Å². The van der Waals surface area contributed by atoms with Gasteiger partial charge in [0, 0.05) is 60.6 Å². The molecule has 4 aromatic rings. The summed E-state index contributed by atoms with van der Waals surface area (Å²) >= 11 is 0. The van der Waals surface area contributed by atoms with Gasteiger partial charge in [0.25, 0.3) is 11.8 Å². The Bertz CT molecular complexity index is 1900. The Kier molecular flexibility index (Phi) is 9.46. The minimum atomic E-state index is -1.01. The number of aryl methyl sites for hydroxylation is 1. The lowest BCUT2D eigenvalue weighted by Gasteiger charge is -2.27. The molecule has 244 valence electrons. The molecule has 13 heteroatoms. The van der Waals surface area contributed by atoms with Crippen LogP contribution in [0.1, 0.15) is 64.8 Å². The van der Waals surface area contributed by atoms with Crippen LogP contribution in [-0.4, -0.2) is 62.0 Å². The lowest BCUT2D eigenvalue weighted by atomic mass is 10.0. The van der Waals surface area contributed by atoms with Crippen molar-refractivity contribution >= 4 is 52.5 Å². The molecule has 1 fully saturated rings. The van der Waals surface area contributed by atoms with E-state index in [1.807, 2.05) is 43.3 Å². The van der Waals surface area contributed by atoms with Crippen molar-refractivity contribution in [1.29, 1.82) is 0 Å². The summed E-state index contributed by atoms with van der Waals surface area (Å²) in [5.74, 6) is -1.83. The van der Waals surface area contributed by atoms with E-state index in [2.05, 4.69) is 36.2 Å². The number of fused-ring (bicyclic) bond motifs is 1. The number of rotatable bonds is 12. The third-order valence-electron chi connectivity index (χ3n) is 8.24. The number of unbranched alkanes of at least 4 members (excludes halogenated alkanes) is 2. The summed E-state index contributed by atoms with van der Waals surface area (Å²) in [6, 6.07) is 15.2. The number of carbonyl (C=O) groups excluding carboxylic acids is 5. The topological polar surface area (TPSA) is 175 Å². The molecule has 0 spiro atoms. The molecule has 2 aliphatic rings. The zero-order valence-electron chi connectivity index (χ0n) is 26.3. The molecule has 13 nitrogen and oxygen atoms in total. The lowest BCUT2D eigenvalue weighted by molar-refractivity contribution is -0.136. The molecule has 5 amide bonds. The monoisotopic (exact) mass is 646 g/mol. The average molecular weight is 647 g/mol. The van der Waals surface area contributed by atoms with Gasteiger partial charge in [-0.05, 0) is 74.2 Å². The smallest absolute Gasteiger partial charge is 0.264 e. The van der Waals surface area contributed by atoms with Crippen LogP contribution in [-0.2, 0) is 14.4 Å². The number of hydrogen-bond donors (Lipinski definition) is 4. The fourth-order valence-electron chi connectivity index (χ4n) is 5.74. The third-order valence-corrected chi connectivity index (χ3v) is 8.24. The van der Waals surface area contributed by atoms with Gasteiger partial charge in [0.05, 0.1) is 16.8 Å². The van der Waals surface area contributed by atoms with Crippen LogP contribution in [0.4, 0.5) is 23.0 Å². The minimum absolute atomic E-state index is 0.0640. The number of imide groups is 2. The van der Waals surface area contributed by atoms with E-state index in [9.17, 15) is 24.0 Å². The first-order chi connectivity index (χ1) is 23.3. The quantitative estimate of drug-likeness (QED) is 0.126. The maximum atomic E-state index is 13.3. The number of nitrogens with one attached hydrogen (secondary N) is 4. The Morgan fingerprint density at radius 3 is 2.65 bits per heavy atom. The molecule has 48 heavy (non-hydrogen) atoms. The van der Waals surface area contributed by atoms with Gasteiger partial charge in [-0.25, -0.2) is 9.97 Å². The maximum Gasteiger partial charge on any atom is 0.264 e. The van der Waals surface area contributed by atoms with E-state index in [1.165, 1.54) is 0 Å². The maximum absolute atomic E-state index is 13.3. The van der Waals surface area contributed by atoms with E-state index in [4.69, 9.17) is 0 Å². The van der Waals surface area contributed by atoms with E-state index in [0.717, 1.165) is 40.2 Å². The van der Waals surface area contributed by atoms with Gasteiger partial charge in [-0.2, -0.15) is 0 Å². The molecule has 0 saturated carbocycles. The van der Waals surface area contributed by atoms with E-state index in [-0.39, 0.29) is 29.9 Å². The molecular formula is C35H34N8O5. The molecule has 1 unspecified atom stereocenters. The highest BCUT2D eigenvalue weighted by atomic mass is 16.2. The minimum Gasteiger partial charge on any atom is -0.384 e. The van der Waals surface area contributed by atoms with Crippen molar-refractivity contribution in [2.75, 3.05) is 22.5 Å². The number of carbonyl (C=O) groups is 5. The van der Waals surface area contributed by atoms with Gasteiger partial charge in [0.1, 0.15) is 6.04 Å². The summed E-state index contributed by atoms with van der Waals surface area (Å²) in [4.78, 5) is 76.9. The summed E-state index contributed by atoms with van der Waals surface area (Å²) in [5.41, 5.74) is 4.98. The van der Waals surface area contributed by atoms with Crippen LogP contribution < -0.4 is 21.3 Å².